The van der Waals surface area contributed by atoms with E-state index >= 15 is 0 Å². The number of carbonyl (C=O) groups excluding carboxylic acids is 3. The summed E-state index contributed by atoms with van der Waals surface area (Å²) in [6.45, 7) is 11.6. The molecule has 0 aliphatic carbocycles. The standard InChI is InChI=1S/C25H37N5O4/c1-6-26-24(32)30-12-8-11-29(13-14-30)16-20-21(23(31)34-7-2)22(27-25(33)28(20)5)19-10-9-17(3)15-18(19)4/h9-10,15,22H,6-8,11-14,16H2,1-5H3,(H,26,32)(H,27,33)/t22-/m0/s1. The average Bonchev–Trinajstić information content (AvgIpc) is 3.03. The van der Waals surface area contributed by atoms with E-state index in [0.717, 1.165) is 29.7 Å². The zero-order valence-corrected chi connectivity index (χ0v) is 20.9. The van der Waals surface area contributed by atoms with Crippen molar-refractivity contribution in [3.05, 3.63) is 46.2 Å². The molecule has 1 atom stereocenters. The Morgan fingerprint density at radius 3 is 2.59 bits per heavy atom. The lowest BCUT2D eigenvalue weighted by atomic mass is 9.90. The van der Waals surface area contributed by atoms with Crippen molar-refractivity contribution in [3.8, 4) is 0 Å². The fraction of sp³-hybridized carbons (Fsp3) is 0.560. The number of amides is 4. The number of nitrogens with zero attached hydrogens (tertiary/aromatic N) is 3. The molecule has 2 heterocycles. The molecule has 0 radical (unpaired) electrons. The van der Waals surface area contributed by atoms with E-state index in [4.69, 9.17) is 4.74 Å². The van der Waals surface area contributed by atoms with Crippen molar-refractivity contribution in [3.63, 3.8) is 0 Å². The summed E-state index contributed by atoms with van der Waals surface area (Å²) in [5.74, 6) is -0.423. The molecule has 0 saturated carbocycles. The Balaban J connectivity index is 1.95. The van der Waals surface area contributed by atoms with Crippen molar-refractivity contribution in [2.75, 3.05) is 52.9 Å². The van der Waals surface area contributed by atoms with Crippen molar-refractivity contribution < 1.29 is 19.1 Å². The molecule has 2 N–H and O–H groups in total. The Hall–Kier alpha value is -3.07. The van der Waals surface area contributed by atoms with Gasteiger partial charge in [-0.3, -0.25) is 9.80 Å². The van der Waals surface area contributed by atoms with E-state index in [1.807, 2.05) is 43.9 Å². The normalized spacial score (nSPS) is 19.6. The number of urea groups is 2. The molecule has 1 aromatic rings. The van der Waals surface area contributed by atoms with Gasteiger partial charge in [-0.1, -0.05) is 23.8 Å². The first-order valence-electron chi connectivity index (χ1n) is 12.0. The molecule has 0 unspecified atom stereocenters. The second-order valence-corrected chi connectivity index (χ2v) is 8.83. The van der Waals surface area contributed by atoms with Crippen LogP contribution in [0, 0.1) is 13.8 Å². The van der Waals surface area contributed by atoms with Gasteiger partial charge in [-0.25, -0.2) is 14.4 Å². The first-order valence-corrected chi connectivity index (χ1v) is 12.0. The highest BCUT2D eigenvalue weighted by Crippen LogP contribution is 2.33. The third kappa shape index (κ3) is 5.70. The lowest BCUT2D eigenvalue weighted by Gasteiger charge is -2.37. The Morgan fingerprint density at radius 1 is 1.15 bits per heavy atom. The average molecular weight is 472 g/mol. The number of carbonyl (C=O) groups is 3. The van der Waals surface area contributed by atoms with Crippen LogP contribution in [0.15, 0.2) is 29.5 Å². The molecule has 1 aromatic carbocycles. The predicted molar refractivity (Wildman–Crippen MR) is 130 cm³/mol. The molecular weight excluding hydrogens is 434 g/mol. The summed E-state index contributed by atoms with van der Waals surface area (Å²) in [5, 5.41) is 5.85. The van der Waals surface area contributed by atoms with Crippen molar-refractivity contribution in [1.29, 1.82) is 0 Å². The lowest BCUT2D eigenvalue weighted by Crippen LogP contribution is -2.49. The maximum Gasteiger partial charge on any atom is 0.338 e. The largest absolute Gasteiger partial charge is 0.463 e. The summed E-state index contributed by atoms with van der Waals surface area (Å²) in [6, 6.07) is 5.10. The summed E-state index contributed by atoms with van der Waals surface area (Å²) < 4.78 is 5.45. The van der Waals surface area contributed by atoms with Crippen molar-refractivity contribution in [2.45, 2.75) is 40.2 Å². The number of aryl methyl sites for hydroxylation is 2. The Bertz CT molecular complexity index is 961. The maximum atomic E-state index is 13.2. The quantitative estimate of drug-likeness (QED) is 0.622. The monoisotopic (exact) mass is 471 g/mol. The predicted octanol–water partition coefficient (Wildman–Crippen LogP) is 2.55. The summed E-state index contributed by atoms with van der Waals surface area (Å²) in [6.07, 6.45) is 0.815. The van der Waals surface area contributed by atoms with Crippen LogP contribution in [0.4, 0.5) is 9.59 Å². The number of ether oxygens (including phenoxy) is 1. The number of benzene rings is 1. The Kier molecular flexibility index (Phi) is 8.55. The third-order valence-electron chi connectivity index (χ3n) is 6.39. The van der Waals surface area contributed by atoms with Crippen molar-refractivity contribution in [2.24, 2.45) is 0 Å². The molecule has 4 amide bonds. The molecular formula is C25H37N5O4. The molecule has 2 aliphatic rings. The highest BCUT2D eigenvalue weighted by atomic mass is 16.5. The second kappa shape index (κ2) is 11.4. The molecule has 2 aliphatic heterocycles. The summed E-state index contributed by atoms with van der Waals surface area (Å²) in [5.41, 5.74) is 4.09. The SMILES string of the molecule is CCNC(=O)N1CCCN(CC2=C(C(=O)OCC)[C@H](c3ccc(C)cc3C)NC(=O)N2C)CC1. The summed E-state index contributed by atoms with van der Waals surface area (Å²) in [7, 11) is 1.68. The van der Waals surface area contributed by atoms with Crippen molar-refractivity contribution >= 4 is 18.0 Å². The van der Waals surface area contributed by atoms with Crippen LogP contribution in [-0.2, 0) is 9.53 Å². The van der Waals surface area contributed by atoms with Gasteiger partial charge in [0, 0.05) is 52.0 Å². The molecule has 3 rings (SSSR count). The van der Waals surface area contributed by atoms with E-state index in [9.17, 15) is 14.4 Å². The minimum atomic E-state index is -0.586. The van der Waals surface area contributed by atoms with Gasteiger partial charge in [0.15, 0.2) is 0 Å². The van der Waals surface area contributed by atoms with E-state index in [0.29, 0.717) is 44.0 Å². The zero-order valence-electron chi connectivity index (χ0n) is 20.9. The first-order chi connectivity index (χ1) is 16.3. The number of esters is 1. The van der Waals surface area contributed by atoms with Crippen LogP contribution in [0.2, 0.25) is 0 Å². The topological polar surface area (TPSA) is 94.2 Å². The van der Waals surface area contributed by atoms with Crippen LogP contribution in [0.1, 0.15) is 43.0 Å². The van der Waals surface area contributed by atoms with Gasteiger partial charge in [0.25, 0.3) is 0 Å². The second-order valence-electron chi connectivity index (χ2n) is 8.83. The smallest absolute Gasteiger partial charge is 0.338 e. The lowest BCUT2D eigenvalue weighted by molar-refractivity contribution is -0.139. The molecule has 0 aromatic heterocycles. The van der Waals surface area contributed by atoms with Crippen molar-refractivity contribution in [1.82, 2.24) is 25.3 Å². The molecule has 0 bridgehead atoms. The summed E-state index contributed by atoms with van der Waals surface area (Å²) in [4.78, 5) is 44.0. The van der Waals surface area contributed by atoms with Gasteiger partial charge >= 0.3 is 18.0 Å². The van der Waals surface area contributed by atoms with Crippen LogP contribution >= 0.6 is 0 Å². The molecule has 9 heteroatoms. The Morgan fingerprint density at radius 2 is 1.91 bits per heavy atom. The van der Waals surface area contributed by atoms with Gasteiger partial charge in [-0.15, -0.1) is 0 Å². The van der Waals surface area contributed by atoms with Crippen LogP contribution in [0.3, 0.4) is 0 Å². The van der Waals surface area contributed by atoms with Crippen LogP contribution in [0.25, 0.3) is 0 Å². The number of hydrogen-bond acceptors (Lipinski definition) is 5. The molecule has 34 heavy (non-hydrogen) atoms. The van der Waals surface area contributed by atoms with E-state index in [1.165, 1.54) is 4.90 Å². The number of likely N-dealkylation sites (N-methyl/N-ethyl adjacent to an activating group) is 1. The van der Waals surface area contributed by atoms with E-state index in [-0.39, 0.29) is 18.7 Å². The van der Waals surface area contributed by atoms with Gasteiger partial charge in [0.1, 0.15) is 0 Å². The maximum absolute atomic E-state index is 13.2. The minimum Gasteiger partial charge on any atom is -0.463 e. The van der Waals surface area contributed by atoms with Gasteiger partial charge in [0.2, 0.25) is 0 Å². The van der Waals surface area contributed by atoms with E-state index in [2.05, 4.69) is 15.5 Å². The van der Waals surface area contributed by atoms with Gasteiger partial charge < -0.3 is 20.3 Å². The Labute approximate surface area is 202 Å². The first kappa shape index (κ1) is 25.6. The fourth-order valence-corrected chi connectivity index (χ4v) is 4.59. The van der Waals surface area contributed by atoms with Crippen LogP contribution in [-0.4, -0.2) is 85.7 Å². The molecule has 1 saturated heterocycles. The highest BCUT2D eigenvalue weighted by Gasteiger charge is 2.38. The number of nitrogens with one attached hydrogen (secondary N) is 2. The number of hydrogen-bond donors (Lipinski definition) is 2. The minimum absolute atomic E-state index is 0.0557. The van der Waals surface area contributed by atoms with Gasteiger partial charge in [-0.05, 0) is 45.2 Å². The summed E-state index contributed by atoms with van der Waals surface area (Å²) >= 11 is 0. The third-order valence-corrected chi connectivity index (χ3v) is 6.39. The van der Waals surface area contributed by atoms with Crippen LogP contribution < -0.4 is 10.6 Å². The molecule has 1 fully saturated rings. The highest BCUT2D eigenvalue weighted by molar-refractivity contribution is 5.95. The molecule has 186 valence electrons. The molecule has 9 nitrogen and oxygen atoms in total. The fourth-order valence-electron chi connectivity index (χ4n) is 4.59. The molecule has 0 spiro atoms. The number of rotatable bonds is 6. The van der Waals surface area contributed by atoms with Gasteiger partial charge in [-0.2, -0.15) is 0 Å². The van der Waals surface area contributed by atoms with Crippen LogP contribution in [0.5, 0.6) is 0 Å². The van der Waals surface area contributed by atoms with E-state index in [1.54, 1.807) is 14.0 Å². The van der Waals surface area contributed by atoms with Gasteiger partial charge in [0.05, 0.1) is 18.2 Å². The van der Waals surface area contributed by atoms with E-state index < -0.39 is 12.0 Å². The zero-order chi connectivity index (χ0) is 24.8.